The highest BCUT2D eigenvalue weighted by molar-refractivity contribution is 6.13. The maximum absolute atomic E-state index is 5.50. The maximum atomic E-state index is 5.50. The lowest BCUT2D eigenvalue weighted by atomic mass is 9.94. The molecule has 10 rings (SSSR count). The molecule has 3 aromatic heterocycles. The second-order valence-electron chi connectivity index (χ2n) is 13.0. The third kappa shape index (κ3) is 4.90. The third-order valence-corrected chi connectivity index (χ3v) is 9.98. The molecular weight excluding hydrogens is 619 g/mol. The Morgan fingerprint density at radius 1 is 0.314 bits per heavy atom. The van der Waals surface area contributed by atoms with Crippen molar-refractivity contribution in [1.82, 2.24) is 14.5 Å². The largest absolute Gasteiger partial charge is 0.309 e. The Labute approximate surface area is 295 Å². The Balaban J connectivity index is 1.26. The van der Waals surface area contributed by atoms with Gasteiger partial charge in [0.2, 0.25) is 0 Å². The molecule has 0 saturated carbocycles. The maximum Gasteiger partial charge on any atom is 0.0978 e. The highest BCUT2D eigenvalue weighted by atomic mass is 15.0. The van der Waals surface area contributed by atoms with Gasteiger partial charge >= 0.3 is 0 Å². The summed E-state index contributed by atoms with van der Waals surface area (Å²) in [4.78, 5) is 10.9. The molecule has 0 radical (unpaired) electrons. The van der Waals surface area contributed by atoms with Gasteiger partial charge < -0.3 is 4.57 Å². The SMILES string of the molecule is c1ccc(-c2cc(-c3ccccc3)c3ccc4c(-c5ccccc5)cc(-c5cccc(-n6c7ccccc7c7ccccc76)c5)nc4c3n2)cc1. The Morgan fingerprint density at radius 3 is 1.27 bits per heavy atom. The number of hydrogen-bond acceptors (Lipinski definition) is 2. The van der Waals surface area contributed by atoms with Crippen LogP contribution in [0.2, 0.25) is 0 Å². The van der Waals surface area contributed by atoms with Crippen LogP contribution < -0.4 is 0 Å². The van der Waals surface area contributed by atoms with Crippen molar-refractivity contribution in [3.05, 3.63) is 188 Å². The quantitative estimate of drug-likeness (QED) is 0.174. The van der Waals surface area contributed by atoms with Crippen molar-refractivity contribution in [2.45, 2.75) is 0 Å². The van der Waals surface area contributed by atoms with Crippen LogP contribution in [0.15, 0.2) is 188 Å². The second kappa shape index (κ2) is 11.9. The molecule has 0 aliphatic heterocycles. The van der Waals surface area contributed by atoms with Crippen LogP contribution in [0, 0.1) is 0 Å². The van der Waals surface area contributed by atoms with Gasteiger partial charge in [0.15, 0.2) is 0 Å². The summed E-state index contributed by atoms with van der Waals surface area (Å²) in [7, 11) is 0. The van der Waals surface area contributed by atoms with Crippen molar-refractivity contribution in [1.29, 1.82) is 0 Å². The van der Waals surface area contributed by atoms with E-state index < -0.39 is 0 Å². The summed E-state index contributed by atoms with van der Waals surface area (Å²) >= 11 is 0. The fraction of sp³-hybridized carbons (Fsp3) is 0. The van der Waals surface area contributed by atoms with E-state index in [9.17, 15) is 0 Å². The smallest absolute Gasteiger partial charge is 0.0978 e. The average Bonchev–Trinajstić information content (AvgIpc) is 3.55. The Hall–Kier alpha value is -6.84. The summed E-state index contributed by atoms with van der Waals surface area (Å²) < 4.78 is 2.36. The molecule has 0 atom stereocenters. The molecule has 0 fully saturated rings. The van der Waals surface area contributed by atoms with E-state index in [0.717, 1.165) is 72.3 Å². The van der Waals surface area contributed by atoms with Gasteiger partial charge in [-0.05, 0) is 58.7 Å². The summed E-state index contributed by atoms with van der Waals surface area (Å²) in [5, 5.41) is 4.65. The lowest BCUT2D eigenvalue weighted by Crippen LogP contribution is -1.97. The molecule has 3 heterocycles. The van der Waals surface area contributed by atoms with Gasteiger partial charge in [-0.15, -0.1) is 0 Å². The molecule has 0 bridgehead atoms. The molecule has 0 spiro atoms. The Bertz CT molecular complexity index is 2840. The molecule has 0 amide bonds. The van der Waals surface area contributed by atoms with Gasteiger partial charge in [-0.3, -0.25) is 0 Å². The van der Waals surface area contributed by atoms with Crippen molar-refractivity contribution in [2.75, 3.05) is 0 Å². The monoisotopic (exact) mass is 649 g/mol. The van der Waals surface area contributed by atoms with E-state index in [-0.39, 0.29) is 0 Å². The third-order valence-electron chi connectivity index (χ3n) is 9.98. The molecule has 7 aromatic carbocycles. The minimum Gasteiger partial charge on any atom is -0.309 e. The predicted molar refractivity (Wildman–Crippen MR) is 213 cm³/mol. The lowest BCUT2D eigenvalue weighted by molar-refractivity contribution is 1.18. The molecule has 51 heavy (non-hydrogen) atoms. The fourth-order valence-electron chi connectivity index (χ4n) is 7.60. The van der Waals surface area contributed by atoms with E-state index in [1.165, 1.54) is 21.8 Å². The molecule has 10 aromatic rings. The first-order chi connectivity index (χ1) is 25.3. The van der Waals surface area contributed by atoms with Gasteiger partial charge in [0.25, 0.3) is 0 Å². The molecule has 3 heteroatoms. The van der Waals surface area contributed by atoms with Crippen molar-refractivity contribution in [2.24, 2.45) is 0 Å². The normalized spacial score (nSPS) is 11.5. The number of rotatable bonds is 5. The van der Waals surface area contributed by atoms with Crippen LogP contribution in [0.4, 0.5) is 0 Å². The van der Waals surface area contributed by atoms with Crippen LogP contribution in [0.3, 0.4) is 0 Å². The molecule has 0 unspecified atom stereocenters. The zero-order valence-electron chi connectivity index (χ0n) is 27.7. The van der Waals surface area contributed by atoms with Crippen LogP contribution >= 0.6 is 0 Å². The Kier molecular flexibility index (Phi) is 6.81. The minimum absolute atomic E-state index is 0.890. The molecule has 0 aliphatic rings. The van der Waals surface area contributed by atoms with Crippen LogP contribution in [0.1, 0.15) is 0 Å². The number of fused-ring (bicyclic) bond motifs is 6. The van der Waals surface area contributed by atoms with Crippen LogP contribution in [-0.4, -0.2) is 14.5 Å². The zero-order valence-corrected chi connectivity index (χ0v) is 27.7. The van der Waals surface area contributed by atoms with E-state index in [2.05, 4.69) is 187 Å². The van der Waals surface area contributed by atoms with E-state index >= 15 is 0 Å². The zero-order chi connectivity index (χ0) is 33.7. The summed E-state index contributed by atoms with van der Waals surface area (Å²) in [5.74, 6) is 0. The number of para-hydroxylation sites is 2. The second-order valence-corrected chi connectivity index (χ2v) is 13.0. The summed E-state index contributed by atoms with van der Waals surface area (Å²) in [6, 6.07) is 66.6. The van der Waals surface area contributed by atoms with Gasteiger partial charge in [0, 0.05) is 38.4 Å². The minimum atomic E-state index is 0.890. The van der Waals surface area contributed by atoms with E-state index in [1.54, 1.807) is 0 Å². The van der Waals surface area contributed by atoms with Crippen molar-refractivity contribution in [3.8, 4) is 50.5 Å². The summed E-state index contributed by atoms with van der Waals surface area (Å²) in [5.41, 5.74) is 13.8. The van der Waals surface area contributed by atoms with Crippen molar-refractivity contribution < 1.29 is 0 Å². The first-order valence-electron chi connectivity index (χ1n) is 17.3. The van der Waals surface area contributed by atoms with Crippen molar-refractivity contribution in [3.63, 3.8) is 0 Å². The average molecular weight is 650 g/mol. The molecule has 0 saturated heterocycles. The van der Waals surface area contributed by atoms with Gasteiger partial charge in [0.1, 0.15) is 0 Å². The van der Waals surface area contributed by atoms with Crippen LogP contribution in [-0.2, 0) is 0 Å². The number of benzene rings is 7. The van der Waals surface area contributed by atoms with E-state index in [0.29, 0.717) is 0 Å². The van der Waals surface area contributed by atoms with Crippen LogP contribution in [0.5, 0.6) is 0 Å². The highest BCUT2D eigenvalue weighted by Gasteiger charge is 2.18. The standard InChI is InChI=1S/C48H31N3/c1-4-15-32(16-5-1)41-30-43(34-19-8-3-9-20-34)49-47-39(41)27-28-40-42(33-17-6-2-7-18-33)31-44(50-48(40)47)35-21-14-22-36(29-35)51-45-25-12-10-23-37(45)38-24-11-13-26-46(38)51/h1-31H. The van der Waals surface area contributed by atoms with Gasteiger partial charge in [-0.25, -0.2) is 9.97 Å². The van der Waals surface area contributed by atoms with E-state index in [4.69, 9.17) is 9.97 Å². The number of aromatic nitrogens is 3. The van der Waals surface area contributed by atoms with Gasteiger partial charge in [-0.2, -0.15) is 0 Å². The lowest BCUT2D eigenvalue weighted by Gasteiger charge is -2.16. The summed E-state index contributed by atoms with van der Waals surface area (Å²) in [6.07, 6.45) is 0. The molecule has 0 aliphatic carbocycles. The summed E-state index contributed by atoms with van der Waals surface area (Å²) in [6.45, 7) is 0. The number of hydrogen-bond donors (Lipinski definition) is 0. The highest BCUT2D eigenvalue weighted by Crippen LogP contribution is 2.40. The molecule has 238 valence electrons. The topological polar surface area (TPSA) is 30.7 Å². The predicted octanol–water partition coefficient (Wildman–Crippen LogP) is 12.5. The Morgan fingerprint density at radius 2 is 0.745 bits per heavy atom. The van der Waals surface area contributed by atoms with Crippen LogP contribution in [0.25, 0.3) is 94.1 Å². The first-order valence-corrected chi connectivity index (χ1v) is 17.3. The van der Waals surface area contributed by atoms with Crippen molar-refractivity contribution >= 4 is 43.6 Å². The number of pyridine rings is 2. The van der Waals surface area contributed by atoms with Gasteiger partial charge in [0.05, 0.1) is 33.5 Å². The molecule has 3 nitrogen and oxygen atoms in total. The molecular formula is C48H31N3. The van der Waals surface area contributed by atoms with Gasteiger partial charge in [-0.1, -0.05) is 152 Å². The first kappa shape index (κ1) is 29.1. The fourth-order valence-corrected chi connectivity index (χ4v) is 7.60. The van der Waals surface area contributed by atoms with E-state index in [1.807, 2.05) is 6.07 Å². The molecule has 0 N–H and O–H groups in total. The number of nitrogens with zero attached hydrogens (tertiary/aromatic N) is 3.